The zero-order valence-electron chi connectivity index (χ0n) is 12.0. The van der Waals surface area contributed by atoms with Gasteiger partial charge in [-0.1, -0.05) is 0 Å². The second-order valence-electron chi connectivity index (χ2n) is 4.79. The second kappa shape index (κ2) is 7.52. The molecule has 1 aliphatic rings. The zero-order valence-corrected chi connectivity index (χ0v) is 12.8. The Morgan fingerprint density at radius 1 is 1.25 bits per heavy atom. The predicted octanol–water partition coefficient (Wildman–Crippen LogP) is 1.07. The van der Waals surface area contributed by atoms with Crippen molar-refractivity contribution in [1.82, 2.24) is 15.3 Å². The predicted molar refractivity (Wildman–Crippen MR) is 80.9 cm³/mol. The molecule has 1 aliphatic heterocycles. The van der Waals surface area contributed by atoms with Gasteiger partial charge in [-0.05, 0) is 31.3 Å². The van der Waals surface area contributed by atoms with E-state index < -0.39 is 0 Å². The molecule has 1 aromatic carbocycles. The molecule has 0 unspecified atom stereocenters. The second-order valence-corrected chi connectivity index (χ2v) is 5.84. The number of amides is 1. The summed E-state index contributed by atoms with van der Waals surface area (Å²) in [4.78, 5) is 15.2. The number of ether oxygens (including phenoxy) is 1. The van der Waals surface area contributed by atoms with Gasteiger partial charge < -0.3 is 9.64 Å². The largest absolute Gasteiger partial charge is 0.497 e. The maximum atomic E-state index is 11.9. The Morgan fingerprint density at radius 2 is 1.90 bits per heavy atom. The number of piperazine rings is 1. The van der Waals surface area contributed by atoms with Gasteiger partial charge in [0, 0.05) is 31.1 Å². The molecule has 0 aliphatic carbocycles. The van der Waals surface area contributed by atoms with Crippen molar-refractivity contribution < 1.29 is 9.53 Å². The Morgan fingerprint density at radius 3 is 2.50 bits per heavy atom. The third-order valence-electron chi connectivity index (χ3n) is 3.22. The highest BCUT2D eigenvalue weighted by Gasteiger charge is 2.15. The minimum atomic E-state index is 0.0513. The third-order valence-corrected chi connectivity index (χ3v) is 4.23. The maximum Gasteiger partial charge on any atom is 0.244 e. The van der Waals surface area contributed by atoms with E-state index in [2.05, 4.69) is 17.4 Å². The lowest BCUT2D eigenvalue weighted by Gasteiger charge is -2.32. The molecule has 2 rings (SSSR count). The van der Waals surface area contributed by atoms with Crippen LogP contribution in [0, 0.1) is 0 Å². The first kappa shape index (κ1) is 15.2. The van der Waals surface area contributed by atoms with Crippen LogP contribution in [0.5, 0.6) is 5.75 Å². The smallest absolute Gasteiger partial charge is 0.244 e. The Labute approximate surface area is 124 Å². The third kappa shape index (κ3) is 4.70. The van der Waals surface area contributed by atoms with Crippen LogP contribution in [0.1, 0.15) is 0 Å². The fraction of sp³-hybridized carbons (Fsp3) is 0.500. The number of nitrogens with one attached hydrogen (secondary N) is 1. The number of methoxy groups -OCH3 is 1. The number of hydrazine groups is 1. The van der Waals surface area contributed by atoms with E-state index in [1.54, 1.807) is 7.11 Å². The van der Waals surface area contributed by atoms with Crippen LogP contribution in [0.3, 0.4) is 0 Å². The Balaban J connectivity index is 1.71. The molecule has 0 radical (unpaired) electrons. The summed E-state index contributed by atoms with van der Waals surface area (Å²) in [6, 6.07) is 7.74. The lowest BCUT2D eigenvalue weighted by atomic mass is 10.3. The molecule has 1 heterocycles. The molecule has 110 valence electrons. The van der Waals surface area contributed by atoms with Crippen LogP contribution in [0.25, 0.3) is 0 Å². The van der Waals surface area contributed by atoms with Crippen LogP contribution in [0.15, 0.2) is 29.2 Å². The fourth-order valence-corrected chi connectivity index (χ4v) is 2.64. The van der Waals surface area contributed by atoms with Gasteiger partial charge in [-0.15, -0.1) is 11.8 Å². The number of thioether (sulfide) groups is 1. The molecule has 0 aromatic heterocycles. The average Bonchev–Trinajstić information content (AvgIpc) is 2.48. The lowest BCUT2D eigenvalue weighted by molar-refractivity contribution is -0.124. The molecule has 0 atom stereocenters. The van der Waals surface area contributed by atoms with E-state index in [-0.39, 0.29) is 5.91 Å². The van der Waals surface area contributed by atoms with E-state index in [1.807, 2.05) is 29.3 Å². The summed E-state index contributed by atoms with van der Waals surface area (Å²) < 4.78 is 5.10. The van der Waals surface area contributed by atoms with Crippen LogP contribution in [-0.2, 0) is 4.79 Å². The van der Waals surface area contributed by atoms with Crippen LogP contribution < -0.4 is 10.2 Å². The molecule has 0 saturated carbocycles. The van der Waals surface area contributed by atoms with Crippen LogP contribution in [-0.4, -0.2) is 61.9 Å². The number of benzene rings is 1. The summed E-state index contributed by atoms with van der Waals surface area (Å²) in [5, 5.41) is 2.00. The van der Waals surface area contributed by atoms with Gasteiger partial charge in [0.15, 0.2) is 0 Å². The van der Waals surface area contributed by atoms with Gasteiger partial charge in [0.25, 0.3) is 0 Å². The van der Waals surface area contributed by atoms with E-state index in [4.69, 9.17) is 4.74 Å². The number of nitrogens with zero attached hydrogens (tertiary/aromatic N) is 2. The van der Waals surface area contributed by atoms with Crippen molar-refractivity contribution in [3.63, 3.8) is 0 Å². The minimum Gasteiger partial charge on any atom is -0.497 e. The topological polar surface area (TPSA) is 44.8 Å². The van der Waals surface area contributed by atoms with Gasteiger partial charge >= 0.3 is 0 Å². The maximum absolute atomic E-state index is 11.9. The van der Waals surface area contributed by atoms with Crippen molar-refractivity contribution >= 4 is 17.7 Å². The summed E-state index contributed by atoms with van der Waals surface area (Å²) >= 11 is 1.53. The number of hydrogen-bond acceptors (Lipinski definition) is 5. The highest BCUT2D eigenvalue weighted by atomic mass is 32.2. The van der Waals surface area contributed by atoms with Crippen LogP contribution in [0.4, 0.5) is 0 Å². The quantitative estimate of drug-likeness (QED) is 0.823. The van der Waals surface area contributed by atoms with E-state index >= 15 is 0 Å². The molecule has 5 nitrogen and oxygen atoms in total. The molecular weight excluding hydrogens is 274 g/mol. The number of carbonyl (C=O) groups excluding carboxylic acids is 1. The summed E-state index contributed by atoms with van der Waals surface area (Å²) in [6.45, 7) is 3.75. The molecular formula is C14H21N3O2S. The van der Waals surface area contributed by atoms with Gasteiger partial charge in [-0.3, -0.25) is 10.2 Å². The van der Waals surface area contributed by atoms with Crippen molar-refractivity contribution in [3.8, 4) is 5.75 Å². The van der Waals surface area contributed by atoms with Gasteiger partial charge in [0.2, 0.25) is 5.91 Å². The Bertz CT molecular complexity index is 431. The van der Waals surface area contributed by atoms with Crippen molar-refractivity contribution in [2.45, 2.75) is 4.90 Å². The number of likely N-dealkylation sites (N-methyl/N-ethyl adjacent to an activating group) is 1. The molecule has 1 fully saturated rings. The van der Waals surface area contributed by atoms with E-state index in [0.29, 0.717) is 5.75 Å². The molecule has 1 saturated heterocycles. The molecule has 1 N–H and O–H groups in total. The Hall–Kier alpha value is -1.24. The minimum absolute atomic E-state index is 0.0513. The molecule has 1 amide bonds. The molecule has 6 heteroatoms. The van der Waals surface area contributed by atoms with Gasteiger partial charge in [-0.25, -0.2) is 5.01 Å². The molecule has 0 spiro atoms. The van der Waals surface area contributed by atoms with Gasteiger partial charge in [-0.2, -0.15) is 0 Å². The van der Waals surface area contributed by atoms with E-state index in [9.17, 15) is 4.79 Å². The number of carbonyl (C=O) groups is 1. The average molecular weight is 295 g/mol. The monoisotopic (exact) mass is 295 g/mol. The normalized spacial score (nSPS) is 16.9. The highest BCUT2D eigenvalue weighted by Crippen LogP contribution is 2.20. The zero-order chi connectivity index (χ0) is 14.4. The van der Waals surface area contributed by atoms with E-state index in [0.717, 1.165) is 36.8 Å². The summed E-state index contributed by atoms with van der Waals surface area (Å²) in [7, 11) is 3.74. The number of hydrogen-bond donors (Lipinski definition) is 1. The van der Waals surface area contributed by atoms with Gasteiger partial charge in [0.1, 0.15) is 5.75 Å². The van der Waals surface area contributed by atoms with E-state index in [1.165, 1.54) is 11.8 Å². The van der Waals surface area contributed by atoms with Gasteiger partial charge in [0.05, 0.1) is 12.9 Å². The SMILES string of the molecule is COc1ccc(SCC(=O)NN2CCN(C)CC2)cc1. The van der Waals surface area contributed by atoms with Crippen molar-refractivity contribution in [3.05, 3.63) is 24.3 Å². The first-order chi connectivity index (χ1) is 9.67. The lowest BCUT2D eigenvalue weighted by Crippen LogP contribution is -2.52. The first-order valence-electron chi connectivity index (χ1n) is 6.67. The summed E-state index contributed by atoms with van der Waals surface area (Å²) in [5.74, 6) is 1.31. The van der Waals surface area contributed by atoms with Crippen LogP contribution >= 0.6 is 11.8 Å². The summed E-state index contributed by atoms with van der Waals surface area (Å²) in [5.41, 5.74) is 2.95. The Kier molecular flexibility index (Phi) is 5.70. The van der Waals surface area contributed by atoms with Crippen LogP contribution in [0.2, 0.25) is 0 Å². The number of rotatable bonds is 5. The standard InChI is InChI=1S/C14H21N3O2S/c1-16-7-9-17(10-8-16)15-14(18)11-20-13-5-3-12(19-2)4-6-13/h3-6H,7-11H2,1-2H3,(H,15,18). The van der Waals surface area contributed by atoms with Crippen molar-refractivity contribution in [2.24, 2.45) is 0 Å². The molecule has 0 bridgehead atoms. The molecule has 20 heavy (non-hydrogen) atoms. The molecule has 1 aromatic rings. The fourth-order valence-electron chi connectivity index (χ4n) is 1.95. The highest BCUT2D eigenvalue weighted by molar-refractivity contribution is 8.00. The summed E-state index contributed by atoms with van der Waals surface area (Å²) in [6.07, 6.45) is 0. The first-order valence-corrected chi connectivity index (χ1v) is 7.66. The van der Waals surface area contributed by atoms with Crippen molar-refractivity contribution in [2.75, 3.05) is 46.1 Å². The van der Waals surface area contributed by atoms with Crippen molar-refractivity contribution in [1.29, 1.82) is 0 Å².